The van der Waals surface area contributed by atoms with Crippen molar-refractivity contribution in [2.45, 2.75) is 32.1 Å². The number of esters is 1. The molecule has 0 aromatic heterocycles. The van der Waals surface area contributed by atoms with Crippen molar-refractivity contribution in [3.8, 4) is 0 Å². The van der Waals surface area contributed by atoms with Crippen molar-refractivity contribution in [2.75, 3.05) is 6.61 Å². The maximum Gasteiger partial charge on any atom is 0.349 e. The van der Waals surface area contributed by atoms with Gasteiger partial charge in [-0.2, -0.15) is 0 Å². The molecule has 1 aliphatic rings. The van der Waals surface area contributed by atoms with Gasteiger partial charge in [0.1, 0.15) is 16.6 Å². The molecule has 1 aliphatic carbocycles. The van der Waals surface area contributed by atoms with Crippen molar-refractivity contribution < 1.29 is 19.1 Å². The minimum atomic E-state index is -0.659. The highest BCUT2D eigenvalue weighted by molar-refractivity contribution is 6.40. The normalized spacial score (nSPS) is 17.0. The van der Waals surface area contributed by atoms with Gasteiger partial charge in [0.25, 0.3) is 0 Å². The molecule has 0 radical (unpaired) electrons. The topological polar surface area (TPSA) is 60.4 Å². The molecule has 94 valence electrons. The van der Waals surface area contributed by atoms with Crippen LogP contribution in [0.4, 0.5) is 0 Å². The third kappa shape index (κ3) is 4.30. The molecule has 0 aromatic carbocycles. The zero-order chi connectivity index (χ0) is 12.8. The first-order valence-electron chi connectivity index (χ1n) is 5.59. The fraction of sp³-hybridized carbons (Fsp3) is 0.583. The summed E-state index contributed by atoms with van der Waals surface area (Å²) in [5.74, 6) is -1.14. The van der Waals surface area contributed by atoms with Crippen molar-refractivity contribution in [3.63, 3.8) is 0 Å². The molecule has 0 spiro atoms. The van der Waals surface area contributed by atoms with Gasteiger partial charge in [-0.05, 0) is 19.3 Å². The first kappa shape index (κ1) is 13.9. The Hall–Kier alpha value is -1.16. The van der Waals surface area contributed by atoms with E-state index in [1.807, 2.05) is 0 Å². The fourth-order valence-electron chi connectivity index (χ4n) is 1.82. The Morgan fingerprint density at radius 3 is 2.47 bits per heavy atom. The third-order valence-corrected chi connectivity index (χ3v) is 2.87. The first-order valence-corrected chi connectivity index (χ1v) is 5.97. The zero-order valence-corrected chi connectivity index (χ0v) is 10.3. The molecule has 17 heavy (non-hydrogen) atoms. The van der Waals surface area contributed by atoms with E-state index in [1.54, 1.807) is 0 Å². The number of halogens is 1. The van der Waals surface area contributed by atoms with Crippen LogP contribution < -0.4 is 0 Å². The molecule has 0 aliphatic heterocycles. The number of hydrogen-bond acceptors (Lipinski definition) is 4. The lowest BCUT2D eigenvalue weighted by molar-refractivity contribution is -0.138. The minimum absolute atomic E-state index is 0.00864. The van der Waals surface area contributed by atoms with E-state index in [0.29, 0.717) is 32.1 Å². The van der Waals surface area contributed by atoms with Gasteiger partial charge < -0.3 is 4.74 Å². The Labute approximate surface area is 105 Å². The van der Waals surface area contributed by atoms with E-state index in [2.05, 4.69) is 6.58 Å². The van der Waals surface area contributed by atoms with Gasteiger partial charge in [-0.15, -0.1) is 0 Å². The largest absolute Gasteiger partial charge is 0.461 e. The average molecular weight is 259 g/mol. The number of ether oxygens (including phenoxy) is 1. The second-order valence-electron chi connectivity index (χ2n) is 4.02. The molecule has 0 heterocycles. The predicted molar refractivity (Wildman–Crippen MR) is 62.5 cm³/mol. The SMILES string of the molecule is C=C(Cl)C(=O)OCCCC1C(=O)CCCC1=O. The van der Waals surface area contributed by atoms with Gasteiger partial charge in [-0.25, -0.2) is 4.79 Å². The summed E-state index contributed by atoms with van der Waals surface area (Å²) in [5.41, 5.74) is 0. The molecule has 1 saturated carbocycles. The van der Waals surface area contributed by atoms with Crippen LogP contribution in [0.5, 0.6) is 0 Å². The Morgan fingerprint density at radius 2 is 1.94 bits per heavy atom. The fourth-order valence-corrected chi connectivity index (χ4v) is 1.87. The maximum atomic E-state index is 11.5. The van der Waals surface area contributed by atoms with Crippen LogP contribution in [0.15, 0.2) is 11.6 Å². The molecule has 0 amide bonds. The highest BCUT2D eigenvalue weighted by Crippen LogP contribution is 2.21. The van der Waals surface area contributed by atoms with E-state index in [-0.39, 0.29) is 23.2 Å². The molecule has 1 rings (SSSR count). The molecular weight excluding hydrogens is 244 g/mol. The number of carbonyl (C=O) groups excluding carboxylic acids is 3. The van der Waals surface area contributed by atoms with Gasteiger partial charge in [-0.3, -0.25) is 9.59 Å². The molecule has 4 nitrogen and oxygen atoms in total. The predicted octanol–water partition coefficient (Wildman–Crippen LogP) is 2.00. The highest BCUT2D eigenvalue weighted by atomic mass is 35.5. The summed E-state index contributed by atoms with van der Waals surface area (Å²) in [7, 11) is 0. The number of rotatable bonds is 5. The van der Waals surface area contributed by atoms with E-state index in [9.17, 15) is 14.4 Å². The van der Waals surface area contributed by atoms with Gasteiger partial charge in [0.05, 0.1) is 12.5 Å². The second-order valence-corrected chi connectivity index (χ2v) is 4.48. The van der Waals surface area contributed by atoms with E-state index < -0.39 is 11.9 Å². The van der Waals surface area contributed by atoms with Crippen LogP contribution in [-0.4, -0.2) is 24.1 Å². The molecule has 0 unspecified atom stereocenters. The molecule has 1 fully saturated rings. The number of ketones is 2. The Morgan fingerprint density at radius 1 is 1.35 bits per heavy atom. The molecule has 0 N–H and O–H groups in total. The van der Waals surface area contributed by atoms with Crippen molar-refractivity contribution in [3.05, 3.63) is 11.6 Å². The van der Waals surface area contributed by atoms with Gasteiger partial charge in [0.15, 0.2) is 0 Å². The molecular formula is C12H15ClO4. The molecule has 0 atom stereocenters. The van der Waals surface area contributed by atoms with E-state index in [4.69, 9.17) is 16.3 Å². The Balaban J connectivity index is 2.26. The van der Waals surface area contributed by atoms with Crippen LogP contribution in [0.3, 0.4) is 0 Å². The molecule has 5 heteroatoms. The van der Waals surface area contributed by atoms with Crippen LogP contribution in [-0.2, 0) is 19.1 Å². The minimum Gasteiger partial charge on any atom is -0.461 e. The van der Waals surface area contributed by atoms with E-state index in [1.165, 1.54) is 0 Å². The highest BCUT2D eigenvalue weighted by Gasteiger charge is 2.29. The van der Waals surface area contributed by atoms with Crippen LogP contribution in [0.2, 0.25) is 0 Å². The van der Waals surface area contributed by atoms with Crippen LogP contribution in [0.25, 0.3) is 0 Å². The molecule has 0 saturated heterocycles. The van der Waals surface area contributed by atoms with E-state index in [0.717, 1.165) is 0 Å². The van der Waals surface area contributed by atoms with Crippen LogP contribution in [0, 0.1) is 5.92 Å². The third-order valence-electron chi connectivity index (χ3n) is 2.72. The van der Waals surface area contributed by atoms with Crippen LogP contribution >= 0.6 is 11.6 Å². The van der Waals surface area contributed by atoms with Crippen LogP contribution in [0.1, 0.15) is 32.1 Å². The smallest absolute Gasteiger partial charge is 0.349 e. The summed E-state index contributed by atoms with van der Waals surface area (Å²) in [6, 6.07) is 0. The quantitative estimate of drug-likeness (QED) is 0.328. The van der Waals surface area contributed by atoms with Crippen molar-refractivity contribution >= 4 is 29.1 Å². The monoisotopic (exact) mass is 258 g/mol. The summed E-state index contributed by atoms with van der Waals surface area (Å²) in [6.07, 6.45) is 2.55. The van der Waals surface area contributed by atoms with Crippen molar-refractivity contribution in [2.24, 2.45) is 5.92 Å². The van der Waals surface area contributed by atoms with Crippen molar-refractivity contribution in [1.29, 1.82) is 0 Å². The lowest BCUT2D eigenvalue weighted by Crippen LogP contribution is -2.28. The summed E-state index contributed by atoms with van der Waals surface area (Å²) >= 11 is 5.32. The summed E-state index contributed by atoms with van der Waals surface area (Å²) in [5, 5.41) is -0.171. The summed E-state index contributed by atoms with van der Waals surface area (Å²) in [6.45, 7) is 3.38. The molecule has 0 bridgehead atoms. The Bertz CT molecular complexity index is 332. The van der Waals surface area contributed by atoms with Gasteiger partial charge in [0.2, 0.25) is 0 Å². The number of hydrogen-bond donors (Lipinski definition) is 0. The van der Waals surface area contributed by atoms with Crippen molar-refractivity contribution in [1.82, 2.24) is 0 Å². The zero-order valence-electron chi connectivity index (χ0n) is 9.54. The first-order chi connectivity index (χ1) is 8.02. The second kappa shape index (κ2) is 6.55. The van der Waals surface area contributed by atoms with Gasteiger partial charge in [0, 0.05) is 12.8 Å². The number of carbonyl (C=O) groups is 3. The summed E-state index contributed by atoms with van der Waals surface area (Å²) in [4.78, 5) is 33.9. The average Bonchev–Trinajstić information content (AvgIpc) is 2.27. The van der Waals surface area contributed by atoms with Gasteiger partial charge >= 0.3 is 5.97 Å². The lowest BCUT2D eigenvalue weighted by atomic mass is 9.84. The van der Waals surface area contributed by atoms with Gasteiger partial charge in [-0.1, -0.05) is 18.2 Å². The standard InChI is InChI=1S/C12H15ClO4/c1-8(13)12(16)17-7-3-4-9-10(14)5-2-6-11(9)15/h9H,1-7H2. The number of Topliss-reactive ketones (excluding diaryl/α,β-unsaturated/α-hetero) is 2. The summed E-state index contributed by atoms with van der Waals surface area (Å²) < 4.78 is 4.77. The molecule has 0 aromatic rings. The lowest BCUT2D eigenvalue weighted by Gasteiger charge is -2.18. The van der Waals surface area contributed by atoms with E-state index >= 15 is 0 Å². The maximum absolute atomic E-state index is 11.5. The Kier molecular flexibility index (Phi) is 5.35.